The van der Waals surface area contributed by atoms with Gasteiger partial charge in [0.05, 0.1) is 73.9 Å². The van der Waals surface area contributed by atoms with Crippen molar-refractivity contribution < 1.29 is 76.7 Å². The van der Waals surface area contributed by atoms with Crippen LogP contribution in [0, 0.1) is 0 Å². The minimum atomic E-state index is -1.08. The second-order valence-corrected chi connectivity index (χ2v) is 20.4. The van der Waals surface area contributed by atoms with Crippen molar-refractivity contribution in [1.29, 1.82) is 0 Å². The van der Waals surface area contributed by atoms with E-state index < -0.39 is 42.2 Å². The molecule has 1 atom stereocenters. The van der Waals surface area contributed by atoms with Gasteiger partial charge in [0, 0.05) is 65.0 Å². The van der Waals surface area contributed by atoms with Crippen molar-refractivity contribution in [1.82, 2.24) is 34.8 Å². The van der Waals surface area contributed by atoms with Gasteiger partial charge in [-0.15, -0.1) is 0 Å². The van der Waals surface area contributed by atoms with Gasteiger partial charge >= 0.3 is 36.4 Å². The van der Waals surface area contributed by atoms with E-state index in [2.05, 4.69) is 54.7 Å². The number of ketones is 2. The molecule has 0 aliphatic carbocycles. The van der Waals surface area contributed by atoms with Gasteiger partial charge in [0.15, 0.2) is 5.78 Å². The van der Waals surface area contributed by atoms with E-state index in [1.807, 2.05) is 6.07 Å². The Morgan fingerprint density at radius 2 is 0.978 bits per heavy atom. The molecular formula is C59H70Cl6N8O16. The molecule has 2 aliphatic heterocycles. The zero-order chi connectivity index (χ0) is 67.3. The van der Waals surface area contributed by atoms with Crippen molar-refractivity contribution in [3.8, 4) is 0 Å². The number of hydrazone groups is 1. The fourth-order valence-electron chi connectivity index (χ4n) is 6.48. The van der Waals surface area contributed by atoms with E-state index in [-0.39, 0.29) is 86.7 Å². The van der Waals surface area contributed by atoms with Crippen LogP contribution in [0.5, 0.6) is 0 Å². The SMILES string of the molecule is C=CCOC(=O)N(C)C(=C)C(=O)c1ccc(Cl)c(Cl)c1.C=CCOC(=O)N(C)C1CNN=C1c1ccc(Cl)c(Cl)c1.C=CCOC(=O)N(C)CC(=O)N1CCOCC1.C=CCOC(=O)N(C)CC(=O)O.C=CCOC(=O)N(C)CC(=O)c1ccc(Cl)c(Cl)c1. The first-order chi connectivity index (χ1) is 42.1. The largest absolute Gasteiger partial charge is 0.480 e. The number of carbonyl (C=O) groups is 9. The molecule has 30 heteroatoms. The number of Topliss-reactive ketones (excluding diaryl/α,β-unsaturated/α-hetero) is 2. The Labute approximate surface area is 546 Å². The summed E-state index contributed by atoms with van der Waals surface area (Å²) in [5, 5.41) is 14.7. The summed E-state index contributed by atoms with van der Waals surface area (Å²) in [4.78, 5) is 111. The third-order valence-corrected chi connectivity index (χ3v) is 13.4. The highest BCUT2D eigenvalue weighted by Gasteiger charge is 2.31. The molecule has 0 aromatic heterocycles. The average Bonchev–Trinajstić information content (AvgIpc) is 2.43. The summed E-state index contributed by atoms with van der Waals surface area (Å²) in [6.07, 6.45) is 4.38. The van der Waals surface area contributed by atoms with Gasteiger partial charge in [-0.25, -0.2) is 24.0 Å². The highest BCUT2D eigenvalue weighted by molar-refractivity contribution is 6.43. The van der Waals surface area contributed by atoms with Crippen molar-refractivity contribution >= 4 is 129 Å². The summed E-state index contributed by atoms with van der Waals surface area (Å²) in [7, 11) is 7.41. The van der Waals surface area contributed by atoms with Gasteiger partial charge in [-0.2, -0.15) is 5.10 Å². The number of allylic oxidation sites excluding steroid dienone is 1. The number of amides is 6. The Morgan fingerprint density at radius 1 is 0.573 bits per heavy atom. The van der Waals surface area contributed by atoms with Crippen LogP contribution < -0.4 is 5.43 Å². The summed E-state index contributed by atoms with van der Waals surface area (Å²) in [6, 6.07) is 14.0. The maximum Gasteiger partial charge on any atom is 0.414 e. The van der Waals surface area contributed by atoms with Gasteiger partial charge < -0.3 is 63.5 Å². The van der Waals surface area contributed by atoms with Gasteiger partial charge in [0.25, 0.3) is 0 Å². The van der Waals surface area contributed by atoms with Crippen LogP contribution in [0.1, 0.15) is 26.3 Å². The molecule has 3 aromatic rings. The smallest absolute Gasteiger partial charge is 0.414 e. The fourth-order valence-corrected chi connectivity index (χ4v) is 7.38. The maximum atomic E-state index is 12.2. The van der Waals surface area contributed by atoms with E-state index >= 15 is 0 Å². The molecular weight excluding hydrogens is 1290 g/mol. The number of benzene rings is 3. The molecule has 3 aromatic carbocycles. The lowest BCUT2D eigenvalue weighted by Gasteiger charge is -2.28. The number of carbonyl (C=O) groups excluding carboxylic acids is 8. The van der Waals surface area contributed by atoms with Gasteiger partial charge in [0.2, 0.25) is 11.7 Å². The first-order valence-corrected chi connectivity index (χ1v) is 28.4. The molecule has 0 saturated carbocycles. The van der Waals surface area contributed by atoms with E-state index in [9.17, 15) is 43.2 Å². The molecule has 2 aliphatic rings. The Bertz CT molecular complexity index is 3040. The van der Waals surface area contributed by atoms with E-state index in [4.69, 9.17) is 98.4 Å². The molecule has 1 saturated heterocycles. The molecule has 0 bridgehead atoms. The number of likely N-dealkylation sites (N-methyl/N-ethyl adjacent to an activating group) is 5. The van der Waals surface area contributed by atoms with Gasteiger partial charge in [-0.1, -0.05) is 146 Å². The number of hydrogen-bond donors (Lipinski definition) is 2. The summed E-state index contributed by atoms with van der Waals surface area (Å²) < 4.78 is 29.2. The summed E-state index contributed by atoms with van der Waals surface area (Å²) in [5.74, 6) is -1.86. The Hall–Kier alpha value is -8.10. The van der Waals surface area contributed by atoms with E-state index in [1.165, 1.54) is 104 Å². The standard InChI is InChI=1S/C14H15Cl2N3O2.C14H13Cl2NO3.C13H13Cl2NO3.C11H18N2O4.C7H11NO4/c1-3-6-21-14(20)19(2)12-8-17-18-13(12)9-4-5-10(15)11(16)7-9;1-4-7-20-14(19)17(3)9(2)13(18)10-5-6-11(15)12(16)8-10;1-3-6-19-13(18)16(2)8-12(17)9-4-5-10(14)11(15)7-9;1-3-6-17-11(15)12(2)9-10(14)13-4-7-16-8-5-13;1-3-4-12-7(11)8(2)5-6(9)10/h3-5,7,12,17H,1,6,8H2,2H3;4-6,8H,1-2,7H2,3H3;3-5,7H,1,6,8H2,2H3;3H,1,4-9H2,2H3;3H,1,4-5H2,2H3,(H,9,10). The average molecular weight is 1360 g/mol. The predicted molar refractivity (Wildman–Crippen MR) is 342 cm³/mol. The van der Waals surface area contributed by atoms with Crippen molar-refractivity contribution in [2.75, 3.05) is 121 Å². The highest BCUT2D eigenvalue weighted by atomic mass is 35.5. The van der Waals surface area contributed by atoms with E-state index in [1.54, 1.807) is 30.1 Å². The number of hydrogen-bond acceptors (Lipinski definition) is 17. The number of rotatable bonds is 22. The number of aliphatic carboxylic acids is 1. The minimum absolute atomic E-state index is 0.0238. The Balaban J connectivity index is 0.000000562. The monoisotopic (exact) mass is 1360 g/mol. The minimum Gasteiger partial charge on any atom is -0.480 e. The summed E-state index contributed by atoms with van der Waals surface area (Å²) in [6.45, 7) is 23.6. The van der Waals surface area contributed by atoms with E-state index in [0.717, 1.165) is 15.4 Å². The van der Waals surface area contributed by atoms with Crippen LogP contribution in [0.2, 0.25) is 30.1 Å². The van der Waals surface area contributed by atoms with Crippen molar-refractivity contribution in [3.05, 3.63) is 177 Å². The summed E-state index contributed by atoms with van der Waals surface area (Å²) in [5.41, 5.74) is 5.05. The van der Waals surface area contributed by atoms with Crippen molar-refractivity contribution in [3.63, 3.8) is 0 Å². The first kappa shape index (κ1) is 78.9. The zero-order valence-electron chi connectivity index (χ0n) is 49.6. The fraction of sp³-hybridized carbons (Fsp3) is 0.322. The third kappa shape index (κ3) is 29.2. The number of nitrogens with zero attached hydrogens (tertiary/aromatic N) is 7. The first-order valence-electron chi connectivity index (χ1n) is 26.1. The lowest BCUT2D eigenvalue weighted by atomic mass is 10.0. The molecule has 0 spiro atoms. The second-order valence-electron chi connectivity index (χ2n) is 17.9. The summed E-state index contributed by atoms with van der Waals surface area (Å²) >= 11 is 35.1. The van der Waals surface area contributed by atoms with Gasteiger partial charge in [0.1, 0.15) is 46.1 Å². The highest BCUT2D eigenvalue weighted by Crippen LogP contribution is 2.27. The van der Waals surface area contributed by atoms with Crippen LogP contribution in [0.15, 0.2) is 135 Å². The van der Waals surface area contributed by atoms with Gasteiger partial charge in [-0.05, 0) is 48.5 Å². The number of carboxylic acid groups (broad SMARTS) is 1. The van der Waals surface area contributed by atoms with Crippen molar-refractivity contribution in [2.24, 2.45) is 5.10 Å². The molecule has 24 nitrogen and oxygen atoms in total. The molecule has 484 valence electrons. The number of nitrogens with one attached hydrogen (secondary N) is 1. The molecule has 1 unspecified atom stereocenters. The van der Waals surface area contributed by atoms with E-state index in [0.29, 0.717) is 69.2 Å². The Morgan fingerprint density at radius 3 is 1.43 bits per heavy atom. The van der Waals surface area contributed by atoms with Crippen LogP contribution >= 0.6 is 69.6 Å². The lowest BCUT2D eigenvalue weighted by molar-refractivity contribution is -0.138. The number of carboxylic acids is 1. The second kappa shape index (κ2) is 42.7. The number of ether oxygens (including phenoxy) is 6. The van der Waals surface area contributed by atoms with Crippen LogP contribution in [0.3, 0.4) is 0 Å². The van der Waals surface area contributed by atoms with Crippen LogP contribution in [0.4, 0.5) is 24.0 Å². The van der Waals surface area contributed by atoms with Crippen molar-refractivity contribution in [2.45, 2.75) is 6.04 Å². The lowest BCUT2D eigenvalue weighted by Crippen LogP contribution is -2.46. The molecule has 1 fully saturated rings. The van der Waals surface area contributed by atoms with Crippen LogP contribution in [-0.4, -0.2) is 221 Å². The van der Waals surface area contributed by atoms with Crippen LogP contribution in [-0.2, 0) is 38.0 Å². The Kier molecular flexibility index (Phi) is 37.9. The molecule has 6 amide bonds. The molecule has 0 radical (unpaired) electrons. The quantitative estimate of drug-likeness (QED) is 0.0409. The topological polar surface area (TPSA) is 273 Å². The molecule has 89 heavy (non-hydrogen) atoms. The zero-order valence-corrected chi connectivity index (χ0v) is 54.1. The maximum absolute atomic E-state index is 12.2. The molecule has 2 N–H and O–H groups in total. The van der Waals surface area contributed by atoms with Crippen LogP contribution in [0.25, 0.3) is 0 Å². The number of morpholine rings is 1. The normalized spacial score (nSPS) is 12.4. The van der Waals surface area contributed by atoms with Gasteiger partial charge in [-0.3, -0.25) is 24.1 Å². The third-order valence-electron chi connectivity index (χ3n) is 11.2. The molecule has 2 heterocycles. The number of halogens is 6. The predicted octanol–water partition coefficient (Wildman–Crippen LogP) is 10.7. The molecule has 5 rings (SSSR count).